The molecule has 0 atom stereocenters. The lowest BCUT2D eigenvalue weighted by Gasteiger charge is -2.36. The van der Waals surface area contributed by atoms with Gasteiger partial charge in [0.1, 0.15) is 11.6 Å². The fourth-order valence-electron chi connectivity index (χ4n) is 2.04. The number of hydrogen-bond acceptors (Lipinski definition) is 2. The summed E-state index contributed by atoms with van der Waals surface area (Å²) in [6, 6.07) is 5.32. The van der Waals surface area contributed by atoms with Crippen LogP contribution in [-0.4, -0.2) is 7.11 Å². The summed E-state index contributed by atoms with van der Waals surface area (Å²) in [5, 5.41) is 9.26. The highest BCUT2D eigenvalue weighted by Gasteiger charge is 2.41. The van der Waals surface area contributed by atoms with E-state index in [1.54, 1.807) is 6.07 Å². The third-order valence-corrected chi connectivity index (χ3v) is 3.79. The van der Waals surface area contributed by atoms with Crippen LogP contribution in [0.3, 0.4) is 0 Å². The van der Waals surface area contributed by atoms with Gasteiger partial charge in [-0.05, 0) is 41.3 Å². The number of ether oxygens (including phenoxy) is 1. The molecular weight excluding hydrogens is 273 g/mol. The second-order valence-electron chi connectivity index (χ2n) is 4.01. The Hall–Kier alpha value is -1.08. The normalized spacial score (nSPS) is 17.4. The Morgan fingerprint density at radius 3 is 2.62 bits per heavy atom. The number of nitriles is 1. The zero-order valence-electron chi connectivity index (χ0n) is 8.89. The Kier molecular flexibility index (Phi) is 2.90. The lowest BCUT2D eigenvalue weighted by atomic mass is 9.65. The number of methoxy groups -OCH3 is 1. The number of halogens is 2. The molecule has 0 unspecified atom stereocenters. The molecule has 0 N–H and O–H groups in total. The smallest absolute Gasteiger partial charge is 0.141 e. The number of benzene rings is 1. The van der Waals surface area contributed by atoms with Crippen molar-refractivity contribution in [1.29, 1.82) is 5.26 Å². The molecule has 1 aromatic rings. The van der Waals surface area contributed by atoms with Gasteiger partial charge in [-0.3, -0.25) is 0 Å². The van der Waals surface area contributed by atoms with E-state index in [1.165, 1.54) is 13.2 Å². The molecule has 1 aliphatic rings. The van der Waals surface area contributed by atoms with Gasteiger partial charge in [-0.2, -0.15) is 5.26 Å². The first-order valence-electron chi connectivity index (χ1n) is 5.08. The van der Waals surface area contributed by atoms with Crippen molar-refractivity contribution in [3.63, 3.8) is 0 Å². The molecule has 0 spiro atoms. The van der Waals surface area contributed by atoms with E-state index in [9.17, 15) is 9.65 Å². The van der Waals surface area contributed by atoms with E-state index in [4.69, 9.17) is 4.74 Å². The van der Waals surface area contributed by atoms with Gasteiger partial charge in [-0.15, -0.1) is 0 Å². The van der Waals surface area contributed by atoms with Crippen LogP contribution in [-0.2, 0) is 5.41 Å². The molecule has 2 rings (SSSR count). The zero-order valence-corrected chi connectivity index (χ0v) is 10.5. The molecule has 1 fully saturated rings. The first kappa shape index (κ1) is 11.4. The van der Waals surface area contributed by atoms with Crippen LogP contribution in [0.1, 0.15) is 24.8 Å². The van der Waals surface area contributed by atoms with E-state index >= 15 is 0 Å². The molecule has 16 heavy (non-hydrogen) atoms. The minimum absolute atomic E-state index is 0.368. The second-order valence-corrected chi connectivity index (χ2v) is 4.87. The Bertz CT molecular complexity index is 463. The van der Waals surface area contributed by atoms with Crippen LogP contribution in [0, 0.1) is 17.1 Å². The van der Waals surface area contributed by atoms with Gasteiger partial charge >= 0.3 is 0 Å². The molecule has 1 aliphatic carbocycles. The maximum atomic E-state index is 13.4. The quantitative estimate of drug-likeness (QED) is 0.832. The van der Waals surface area contributed by atoms with Gasteiger partial charge in [0.25, 0.3) is 0 Å². The first-order chi connectivity index (χ1) is 7.63. The SMILES string of the molecule is COc1cc(F)c(Br)cc1C1(C#N)CCC1. The molecular formula is C12H11BrFNO. The summed E-state index contributed by atoms with van der Waals surface area (Å²) in [6.07, 6.45) is 2.67. The standard InChI is InChI=1S/C12H11BrFNO/c1-16-11-6-10(14)9(13)5-8(11)12(7-15)3-2-4-12/h5-6H,2-4H2,1H3. The average molecular weight is 284 g/mol. The molecule has 4 heteroatoms. The van der Waals surface area contributed by atoms with Crippen LogP contribution in [0.4, 0.5) is 4.39 Å². The summed E-state index contributed by atoms with van der Waals surface area (Å²) in [7, 11) is 1.50. The molecule has 1 saturated carbocycles. The Morgan fingerprint density at radius 2 is 2.19 bits per heavy atom. The van der Waals surface area contributed by atoms with E-state index in [1.807, 2.05) is 0 Å². The third kappa shape index (κ3) is 1.60. The summed E-state index contributed by atoms with van der Waals surface area (Å²) in [4.78, 5) is 0. The minimum atomic E-state index is -0.485. The van der Waals surface area contributed by atoms with Crippen molar-refractivity contribution in [2.45, 2.75) is 24.7 Å². The molecule has 0 bridgehead atoms. The Morgan fingerprint density at radius 1 is 1.50 bits per heavy atom. The van der Waals surface area contributed by atoms with Crippen LogP contribution in [0.2, 0.25) is 0 Å². The van der Waals surface area contributed by atoms with Crippen LogP contribution >= 0.6 is 15.9 Å². The van der Waals surface area contributed by atoms with Crippen LogP contribution in [0.5, 0.6) is 5.75 Å². The maximum absolute atomic E-state index is 13.4. The molecule has 0 aliphatic heterocycles. The number of rotatable bonds is 2. The van der Waals surface area contributed by atoms with E-state index in [-0.39, 0.29) is 5.82 Å². The highest BCUT2D eigenvalue weighted by Crippen LogP contribution is 2.47. The monoisotopic (exact) mass is 283 g/mol. The van der Waals surface area contributed by atoms with Crippen molar-refractivity contribution in [2.24, 2.45) is 0 Å². The zero-order chi connectivity index (χ0) is 11.8. The predicted octanol–water partition coefficient (Wildman–Crippen LogP) is 3.54. The van der Waals surface area contributed by atoms with Gasteiger partial charge in [0, 0.05) is 11.6 Å². The van der Waals surface area contributed by atoms with Crippen molar-refractivity contribution in [1.82, 2.24) is 0 Å². The molecule has 0 saturated heterocycles. The summed E-state index contributed by atoms with van der Waals surface area (Å²) in [5.41, 5.74) is 0.304. The number of hydrogen-bond donors (Lipinski definition) is 0. The van der Waals surface area contributed by atoms with Crippen molar-refractivity contribution >= 4 is 15.9 Å². The lowest BCUT2D eigenvalue weighted by Crippen LogP contribution is -2.32. The first-order valence-corrected chi connectivity index (χ1v) is 5.87. The van der Waals surface area contributed by atoms with Crippen molar-refractivity contribution in [3.8, 4) is 11.8 Å². The average Bonchev–Trinajstić information content (AvgIpc) is 2.22. The minimum Gasteiger partial charge on any atom is -0.496 e. The second kappa shape index (κ2) is 4.06. The van der Waals surface area contributed by atoms with Gasteiger partial charge in [0.2, 0.25) is 0 Å². The van der Waals surface area contributed by atoms with Gasteiger partial charge in [-0.1, -0.05) is 0 Å². The van der Waals surface area contributed by atoms with Gasteiger partial charge < -0.3 is 4.74 Å². The van der Waals surface area contributed by atoms with Crippen LogP contribution < -0.4 is 4.74 Å². The lowest BCUT2D eigenvalue weighted by molar-refractivity contribution is 0.306. The highest BCUT2D eigenvalue weighted by atomic mass is 79.9. The topological polar surface area (TPSA) is 33.0 Å². The van der Waals surface area contributed by atoms with Gasteiger partial charge in [-0.25, -0.2) is 4.39 Å². The van der Waals surface area contributed by atoms with Gasteiger partial charge in [0.05, 0.1) is 23.1 Å². The molecule has 1 aromatic carbocycles. The van der Waals surface area contributed by atoms with Gasteiger partial charge in [0.15, 0.2) is 0 Å². The fraction of sp³-hybridized carbons (Fsp3) is 0.417. The fourth-order valence-corrected chi connectivity index (χ4v) is 2.39. The molecule has 0 radical (unpaired) electrons. The molecule has 84 valence electrons. The summed E-state index contributed by atoms with van der Waals surface area (Å²) in [5.74, 6) is 0.0926. The van der Waals surface area contributed by atoms with E-state index < -0.39 is 5.41 Å². The predicted molar refractivity (Wildman–Crippen MR) is 61.8 cm³/mol. The maximum Gasteiger partial charge on any atom is 0.141 e. The highest BCUT2D eigenvalue weighted by molar-refractivity contribution is 9.10. The third-order valence-electron chi connectivity index (χ3n) is 3.18. The van der Waals surface area contributed by atoms with Crippen molar-refractivity contribution in [2.75, 3.05) is 7.11 Å². The van der Waals surface area contributed by atoms with Crippen molar-refractivity contribution in [3.05, 3.63) is 28.0 Å². The largest absolute Gasteiger partial charge is 0.496 e. The van der Waals surface area contributed by atoms with Crippen LogP contribution in [0.15, 0.2) is 16.6 Å². The van der Waals surface area contributed by atoms with Crippen LogP contribution in [0.25, 0.3) is 0 Å². The van der Waals surface area contributed by atoms with E-state index in [2.05, 4.69) is 22.0 Å². The summed E-state index contributed by atoms with van der Waals surface area (Å²) >= 11 is 3.14. The molecule has 0 heterocycles. The van der Waals surface area contributed by atoms with E-state index in [0.29, 0.717) is 10.2 Å². The number of nitrogens with zero attached hydrogens (tertiary/aromatic N) is 1. The van der Waals surface area contributed by atoms with E-state index in [0.717, 1.165) is 24.8 Å². The Balaban J connectivity index is 2.55. The molecule has 2 nitrogen and oxygen atoms in total. The summed E-state index contributed by atoms with van der Waals surface area (Å²) in [6.45, 7) is 0. The molecule has 0 amide bonds. The van der Waals surface area contributed by atoms with Crippen molar-refractivity contribution < 1.29 is 9.13 Å². The Labute approximate surface area is 102 Å². The molecule has 0 aromatic heterocycles. The summed E-state index contributed by atoms with van der Waals surface area (Å²) < 4.78 is 18.9.